The quantitative estimate of drug-likeness (QED) is 0.0396. The number of unbranched alkanes of at least 4 members (excludes halogenated alkanes) is 10. The van der Waals surface area contributed by atoms with Crippen molar-refractivity contribution in [1.29, 1.82) is 0 Å². The molecule has 0 aliphatic rings. The standard InChI is InChI=1S/C55H91F13O3Si4/c1-8-24-48(36-34-46(72-3)32-20-16-12-10-14-18-26-42-28-22-30-44(69)40-42)74(4,5)71-75(6,7)49(25-9-2)37-35-47(33-21-17-13-11-15-19-27-43-29-23-31-45(70)41-43)73-39-38-50(56,57)51(58,59)52(60,61)53(62,63)54(64,65)55(66,67)68/h22-23,28-31,40-41,46-49,69-70H,8-21,24-27,32-39,72-73H2,1-7H3. The lowest BCUT2D eigenvalue weighted by atomic mass is 9.93. The summed E-state index contributed by atoms with van der Waals surface area (Å²) in [5, 5.41) is 19.4. The minimum Gasteiger partial charge on any atom is -0.508 e. The zero-order valence-corrected chi connectivity index (χ0v) is 50.8. The van der Waals surface area contributed by atoms with Crippen LogP contribution in [0.4, 0.5) is 57.1 Å². The maximum Gasteiger partial charge on any atom is 0.460 e. The summed E-state index contributed by atoms with van der Waals surface area (Å²) >= 11 is 0. The monoisotopic (exact) mass is 1160 g/mol. The molecule has 20 heteroatoms. The minimum atomic E-state index is -7.88. The summed E-state index contributed by atoms with van der Waals surface area (Å²) in [6, 6.07) is 13.7. The van der Waals surface area contributed by atoms with Crippen LogP contribution in [0.3, 0.4) is 0 Å². The molecule has 4 atom stereocenters. The topological polar surface area (TPSA) is 49.7 Å². The molecule has 0 aliphatic heterocycles. The van der Waals surface area contributed by atoms with Crippen molar-refractivity contribution >= 4 is 35.7 Å². The summed E-state index contributed by atoms with van der Waals surface area (Å²) in [5.41, 5.74) is 3.29. The Morgan fingerprint density at radius 1 is 0.480 bits per heavy atom. The maximum absolute atomic E-state index is 15.0. The molecule has 2 aromatic rings. The average molecular weight is 1160 g/mol. The first-order chi connectivity index (χ1) is 34.8. The van der Waals surface area contributed by atoms with Gasteiger partial charge in [-0.2, -0.15) is 57.1 Å². The number of benzene rings is 2. The lowest BCUT2D eigenvalue weighted by Gasteiger charge is -2.43. The van der Waals surface area contributed by atoms with Crippen LogP contribution in [0.15, 0.2) is 48.5 Å². The summed E-state index contributed by atoms with van der Waals surface area (Å²) in [4.78, 5) is 0. The molecular formula is C55H91F13O3Si4. The molecule has 0 saturated carbocycles. The normalized spacial score (nSPS) is 15.6. The molecule has 4 unspecified atom stereocenters. The van der Waals surface area contributed by atoms with Crippen molar-refractivity contribution in [1.82, 2.24) is 0 Å². The number of phenols is 2. The Morgan fingerprint density at radius 3 is 1.27 bits per heavy atom. The number of phenolic OH excluding ortho intramolecular Hbond substituents is 2. The summed E-state index contributed by atoms with van der Waals surface area (Å²) < 4.78 is 189. The van der Waals surface area contributed by atoms with E-state index in [0.717, 1.165) is 94.6 Å². The number of halogens is 13. The van der Waals surface area contributed by atoms with E-state index in [1.165, 1.54) is 50.5 Å². The van der Waals surface area contributed by atoms with Crippen LogP contribution >= 0.6 is 0 Å². The zero-order chi connectivity index (χ0) is 56.8. The Balaban J connectivity index is 2.12. The second-order valence-electron chi connectivity index (χ2n) is 22.6. The molecular weight excluding hydrogens is 1070 g/mol. The van der Waals surface area contributed by atoms with Gasteiger partial charge >= 0.3 is 35.8 Å². The lowest BCUT2D eigenvalue weighted by Crippen LogP contribution is -2.70. The first-order valence-electron chi connectivity index (χ1n) is 28.0. The van der Waals surface area contributed by atoms with Gasteiger partial charge in [-0.3, -0.25) is 0 Å². The molecule has 436 valence electrons. The van der Waals surface area contributed by atoms with Crippen molar-refractivity contribution < 1.29 is 71.4 Å². The van der Waals surface area contributed by atoms with E-state index in [-0.39, 0.29) is 26.4 Å². The van der Waals surface area contributed by atoms with Crippen molar-refractivity contribution in [3.8, 4) is 11.5 Å². The summed E-state index contributed by atoms with van der Waals surface area (Å²) in [5.74, 6) is -36.1. The fourth-order valence-electron chi connectivity index (χ4n) is 11.0. The minimum absolute atomic E-state index is 0.143. The van der Waals surface area contributed by atoms with Gasteiger partial charge < -0.3 is 14.3 Å². The molecule has 3 nitrogen and oxygen atoms in total. The number of aromatic hydroxyl groups is 2. The van der Waals surface area contributed by atoms with Crippen LogP contribution in [-0.2, 0) is 17.0 Å². The van der Waals surface area contributed by atoms with E-state index in [1.54, 1.807) is 24.3 Å². The number of rotatable bonds is 41. The van der Waals surface area contributed by atoms with E-state index in [1.807, 2.05) is 18.2 Å². The smallest absolute Gasteiger partial charge is 0.460 e. The van der Waals surface area contributed by atoms with E-state index in [0.29, 0.717) is 37.0 Å². The average Bonchev–Trinajstić information content (AvgIpc) is 3.31. The number of hydrogen-bond acceptors (Lipinski definition) is 3. The second-order valence-corrected chi connectivity index (χ2v) is 35.9. The third-order valence-corrected chi connectivity index (χ3v) is 29.4. The molecule has 0 saturated heterocycles. The highest BCUT2D eigenvalue weighted by molar-refractivity contribution is 6.86. The van der Waals surface area contributed by atoms with Gasteiger partial charge in [0.25, 0.3) is 0 Å². The predicted octanol–water partition coefficient (Wildman–Crippen LogP) is 19.2. The first kappa shape index (κ1) is 69.1. The molecule has 0 amide bonds. The lowest BCUT2D eigenvalue weighted by molar-refractivity contribution is -0.439. The summed E-state index contributed by atoms with van der Waals surface area (Å²) in [7, 11) is -6.83. The van der Waals surface area contributed by atoms with Crippen LogP contribution in [0.5, 0.6) is 11.5 Å². The van der Waals surface area contributed by atoms with Gasteiger partial charge in [0.15, 0.2) is 16.6 Å². The first-order valence-corrected chi connectivity index (χ1v) is 38.1. The fourth-order valence-corrected chi connectivity index (χ4v) is 25.1. The molecule has 2 rings (SSSR count). The zero-order valence-electron chi connectivity index (χ0n) is 45.9. The SMILES string of the molecule is CCCC(CCC(CCCCCCCCc1cccc(O)c1)[SiH2]C)[Si](C)(C)O[Si](C)(C)C(CCC)CCC(CCCCCCCCc1cccc(O)c1)[SiH2]CCC(F)(F)C(F)(F)C(F)(F)C(F)(F)C(F)(F)C(F)(F)F. The summed E-state index contributed by atoms with van der Waals surface area (Å²) in [6.45, 7) is 15.7. The van der Waals surface area contributed by atoms with E-state index in [9.17, 15) is 67.3 Å². The molecule has 2 aromatic carbocycles. The molecule has 2 N–H and O–H groups in total. The van der Waals surface area contributed by atoms with Crippen molar-refractivity contribution in [3.63, 3.8) is 0 Å². The third kappa shape index (κ3) is 21.5. The molecule has 0 bridgehead atoms. The Morgan fingerprint density at radius 2 is 0.867 bits per heavy atom. The molecule has 75 heavy (non-hydrogen) atoms. The van der Waals surface area contributed by atoms with Crippen molar-refractivity contribution in [2.24, 2.45) is 0 Å². The number of aryl methyl sites for hydroxylation is 2. The molecule has 0 radical (unpaired) electrons. The summed E-state index contributed by atoms with van der Waals surface area (Å²) in [6.07, 6.45) is 13.4. The third-order valence-electron chi connectivity index (χ3n) is 15.8. The van der Waals surface area contributed by atoms with Crippen molar-refractivity contribution in [2.75, 3.05) is 0 Å². The van der Waals surface area contributed by atoms with E-state index in [2.05, 4.69) is 52.6 Å². The van der Waals surface area contributed by atoms with Crippen molar-refractivity contribution in [2.45, 2.75) is 271 Å². The highest BCUT2D eigenvalue weighted by Gasteiger charge is 2.90. The molecule has 0 aliphatic carbocycles. The number of hydrogen-bond donors (Lipinski definition) is 2. The second kappa shape index (κ2) is 31.7. The Bertz CT molecular complexity index is 1890. The van der Waals surface area contributed by atoms with E-state index in [4.69, 9.17) is 4.12 Å². The van der Waals surface area contributed by atoms with E-state index >= 15 is 0 Å². The molecule has 0 heterocycles. The van der Waals surface area contributed by atoms with Crippen LogP contribution in [-0.4, -0.2) is 81.7 Å². The van der Waals surface area contributed by atoms with Gasteiger partial charge in [0, 0.05) is 25.5 Å². The predicted molar refractivity (Wildman–Crippen MR) is 291 cm³/mol. The number of alkyl halides is 13. The highest BCUT2D eigenvalue weighted by Crippen LogP contribution is 2.61. The largest absolute Gasteiger partial charge is 0.508 e. The molecule has 0 fully saturated rings. The van der Waals surface area contributed by atoms with Crippen LogP contribution in [0.1, 0.15) is 173 Å². The fraction of sp³-hybridized carbons (Fsp3) is 0.782. The Hall–Kier alpha value is -2.04. The Labute approximate surface area is 447 Å². The Kier molecular flexibility index (Phi) is 29.2. The van der Waals surface area contributed by atoms with Gasteiger partial charge in [0.1, 0.15) is 11.5 Å². The van der Waals surface area contributed by atoms with Crippen molar-refractivity contribution in [3.05, 3.63) is 59.7 Å². The highest BCUT2D eigenvalue weighted by atomic mass is 28.4. The van der Waals surface area contributed by atoms with Crippen LogP contribution in [0, 0.1) is 0 Å². The maximum atomic E-state index is 15.0. The van der Waals surface area contributed by atoms with Crippen LogP contribution < -0.4 is 0 Å². The van der Waals surface area contributed by atoms with Crippen LogP contribution in [0.2, 0.25) is 60.9 Å². The van der Waals surface area contributed by atoms with Gasteiger partial charge in [-0.25, -0.2) is 0 Å². The van der Waals surface area contributed by atoms with Gasteiger partial charge in [0.2, 0.25) is 0 Å². The molecule has 0 spiro atoms. The molecule has 0 aromatic heterocycles. The van der Waals surface area contributed by atoms with E-state index < -0.39 is 74.4 Å². The van der Waals surface area contributed by atoms with Gasteiger partial charge in [-0.05, 0) is 98.3 Å². The van der Waals surface area contributed by atoms with Gasteiger partial charge in [-0.15, -0.1) is 0 Å². The van der Waals surface area contributed by atoms with Crippen LogP contribution in [0.25, 0.3) is 0 Å². The van der Waals surface area contributed by atoms with Gasteiger partial charge in [0.05, 0.1) is 0 Å². The van der Waals surface area contributed by atoms with Gasteiger partial charge in [-0.1, -0.05) is 190 Å².